The number of nitrogens with zero attached hydrogens (tertiary/aromatic N) is 1. The Labute approximate surface area is 102 Å². The Morgan fingerprint density at radius 2 is 1.94 bits per heavy atom. The molecule has 0 aliphatic carbocycles. The highest BCUT2D eigenvalue weighted by Crippen LogP contribution is 2.34. The van der Waals surface area contributed by atoms with Crippen LogP contribution in [0.2, 0.25) is 0 Å². The highest BCUT2D eigenvalue weighted by atomic mass is 16.5. The molecule has 0 bridgehead atoms. The molecule has 0 radical (unpaired) electrons. The minimum absolute atomic E-state index is 0.0439. The van der Waals surface area contributed by atoms with E-state index in [4.69, 9.17) is 4.74 Å². The lowest BCUT2D eigenvalue weighted by Crippen LogP contribution is -2.42. The standard InChI is InChI=1S/C14H19NO2/c1-15-11-13(12-5-3-2-4-6-12)14(16)7-9-17-10-8-14/h2-6,11,13,16H,7-10H2,1H3. The number of hydrogen-bond acceptors (Lipinski definition) is 3. The number of aliphatic imine (C=N–C) groups is 1. The summed E-state index contributed by atoms with van der Waals surface area (Å²) in [6.45, 7) is 1.24. The first-order chi connectivity index (χ1) is 8.26. The fourth-order valence-electron chi connectivity index (χ4n) is 2.38. The Kier molecular flexibility index (Phi) is 3.92. The summed E-state index contributed by atoms with van der Waals surface area (Å²) in [6, 6.07) is 10.1. The van der Waals surface area contributed by atoms with E-state index in [-0.39, 0.29) is 5.92 Å². The summed E-state index contributed by atoms with van der Waals surface area (Å²) in [5, 5.41) is 10.7. The molecule has 17 heavy (non-hydrogen) atoms. The van der Waals surface area contributed by atoms with E-state index in [9.17, 15) is 5.11 Å². The van der Waals surface area contributed by atoms with Crippen molar-refractivity contribution in [1.82, 2.24) is 0 Å². The molecule has 1 saturated heterocycles. The van der Waals surface area contributed by atoms with E-state index in [0.29, 0.717) is 26.1 Å². The van der Waals surface area contributed by atoms with Gasteiger partial charge in [-0.3, -0.25) is 0 Å². The molecule has 2 rings (SSSR count). The third kappa shape index (κ3) is 2.73. The molecular weight excluding hydrogens is 214 g/mol. The van der Waals surface area contributed by atoms with Crippen LogP contribution >= 0.6 is 0 Å². The fourth-order valence-corrected chi connectivity index (χ4v) is 2.38. The summed E-state index contributed by atoms with van der Waals surface area (Å²) in [5.74, 6) is -0.0439. The molecule has 1 heterocycles. The van der Waals surface area contributed by atoms with Crippen LogP contribution in [0.3, 0.4) is 0 Å². The van der Waals surface area contributed by atoms with E-state index >= 15 is 0 Å². The zero-order valence-corrected chi connectivity index (χ0v) is 10.2. The first kappa shape index (κ1) is 12.3. The predicted molar refractivity (Wildman–Crippen MR) is 68.6 cm³/mol. The van der Waals surface area contributed by atoms with Gasteiger partial charge in [-0.05, 0) is 5.56 Å². The molecule has 3 heteroatoms. The van der Waals surface area contributed by atoms with Crippen LogP contribution in [0.5, 0.6) is 0 Å². The summed E-state index contributed by atoms with van der Waals surface area (Å²) >= 11 is 0. The second-order valence-electron chi connectivity index (χ2n) is 4.51. The Balaban J connectivity index is 2.28. The molecule has 1 aromatic rings. The van der Waals surface area contributed by atoms with Crippen LogP contribution in [-0.4, -0.2) is 37.2 Å². The van der Waals surface area contributed by atoms with Gasteiger partial charge < -0.3 is 14.8 Å². The molecule has 1 aromatic carbocycles. The maximum Gasteiger partial charge on any atom is 0.0809 e. The minimum atomic E-state index is -0.723. The van der Waals surface area contributed by atoms with Crippen molar-refractivity contribution >= 4 is 6.21 Å². The van der Waals surface area contributed by atoms with Crippen molar-refractivity contribution in [2.45, 2.75) is 24.4 Å². The van der Waals surface area contributed by atoms with Crippen LogP contribution in [0.4, 0.5) is 0 Å². The molecule has 1 unspecified atom stereocenters. The van der Waals surface area contributed by atoms with Gasteiger partial charge in [-0.1, -0.05) is 30.3 Å². The van der Waals surface area contributed by atoms with Crippen molar-refractivity contribution in [1.29, 1.82) is 0 Å². The third-order valence-electron chi connectivity index (χ3n) is 3.39. The van der Waals surface area contributed by atoms with Crippen LogP contribution in [0.25, 0.3) is 0 Å². The summed E-state index contributed by atoms with van der Waals surface area (Å²) in [7, 11) is 1.75. The molecular formula is C14H19NO2. The summed E-state index contributed by atoms with van der Waals surface area (Å²) in [4.78, 5) is 4.11. The second-order valence-corrected chi connectivity index (χ2v) is 4.51. The van der Waals surface area contributed by atoms with E-state index in [1.54, 1.807) is 7.05 Å². The molecule has 1 atom stereocenters. The normalized spacial score (nSPS) is 21.5. The highest BCUT2D eigenvalue weighted by Gasteiger charge is 2.38. The Bertz CT molecular complexity index is 369. The van der Waals surface area contributed by atoms with E-state index in [2.05, 4.69) is 4.99 Å². The molecule has 1 N–H and O–H groups in total. The quantitative estimate of drug-likeness (QED) is 0.811. The van der Waals surface area contributed by atoms with Crippen LogP contribution in [-0.2, 0) is 4.74 Å². The van der Waals surface area contributed by atoms with Crippen molar-refractivity contribution in [3.63, 3.8) is 0 Å². The van der Waals surface area contributed by atoms with Crippen molar-refractivity contribution in [3.8, 4) is 0 Å². The summed E-state index contributed by atoms with van der Waals surface area (Å²) in [5.41, 5.74) is 0.390. The molecule has 0 saturated carbocycles. The number of aliphatic hydroxyl groups is 1. The van der Waals surface area contributed by atoms with Gasteiger partial charge in [0.15, 0.2) is 0 Å². The van der Waals surface area contributed by atoms with Gasteiger partial charge in [0.2, 0.25) is 0 Å². The zero-order valence-electron chi connectivity index (χ0n) is 10.2. The van der Waals surface area contributed by atoms with Crippen LogP contribution in [0.1, 0.15) is 24.3 Å². The number of hydrogen-bond donors (Lipinski definition) is 1. The van der Waals surface area contributed by atoms with Gasteiger partial charge in [-0.2, -0.15) is 0 Å². The van der Waals surface area contributed by atoms with Gasteiger partial charge in [0.05, 0.1) is 5.60 Å². The smallest absolute Gasteiger partial charge is 0.0809 e. The zero-order chi connectivity index (χ0) is 12.1. The van der Waals surface area contributed by atoms with Crippen molar-refractivity contribution in [3.05, 3.63) is 35.9 Å². The molecule has 0 amide bonds. The Hall–Kier alpha value is -1.19. The second kappa shape index (κ2) is 5.43. The average Bonchev–Trinajstić information content (AvgIpc) is 2.38. The summed E-state index contributed by atoms with van der Waals surface area (Å²) < 4.78 is 5.32. The van der Waals surface area contributed by atoms with E-state index in [1.165, 1.54) is 0 Å². The van der Waals surface area contributed by atoms with Crippen molar-refractivity contribution < 1.29 is 9.84 Å². The lowest BCUT2D eigenvalue weighted by atomic mass is 9.78. The van der Waals surface area contributed by atoms with E-state index in [0.717, 1.165) is 5.56 Å². The van der Waals surface area contributed by atoms with Crippen molar-refractivity contribution in [2.24, 2.45) is 4.99 Å². The van der Waals surface area contributed by atoms with Crippen LogP contribution < -0.4 is 0 Å². The Morgan fingerprint density at radius 1 is 1.29 bits per heavy atom. The SMILES string of the molecule is CN=CC(c1ccccc1)C1(O)CCOCC1. The van der Waals surface area contributed by atoms with E-state index < -0.39 is 5.60 Å². The van der Waals surface area contributed by atoms with Gasteiger partial charge in [0.25, 0.3) is 0 Å². The molecule has 1 aliphatic heterocycles. The number of rotatable bonds is 3. The van der Waals surface area contributed by atoms with Crippen LogP contribution in [0.15, 0.2) is 35.3 Å². The lowest BCUT2D eigenvalue weighted by molar-refractivity contribution is -0.0675. The fraction of sp³-hybridized carbons (Fsp3) is 0.500. The molecule has 1 fully saturated rings. The van der Waals surface area contributed by atoms with Crippen LogP contribution in [0, 0.1) is 0 Å². The Morgan fingerprint density at radius 3 is 2.53 bits per heavy atom. The van der Waals surface area contributed by atoms with Crippen molar-refractivity contribution in [2.75, 3.05) is 20.3 Å². The monoisotopic (exact) mass is 233 g/mol. The summed E-state index contributed by atoms with van der Waals surface area (Å²) in [6.07, 6.45) is 3.18. The largest absolute Gasteiger partial charge is 0.389 e. The number of benzene rings is 1. The minimum Gasteiger partial charge on any atom is -0.389 e. The van der Waals surface area contributed by atoms with Gasteiger partial charge in [-0.15, -0.1) is 0 Å². The highest BCUT2D eigenvalue weighted by molar-refractivity contribution is 5.69. The third-order valence-corrected chi connectivity index (χ3v) is 3.39. The molecule has 92 valence electrons. The first-order valence-corrected chi connectivity index (χ1v) is 6.03. The maximum absolute atomic E-state index is 10.7. The topological polar surface area (TPSA) is 41.8 Å². The maximum atomic E-state index is 10.7. The van der Waals surface area contributed by atoms with Gasteiger partial charge in [-0.25, -0.2) is 0 Å². The van der Waals surface area contributed by atoms with E-state index in [1.807, 2.05) is 36.5 Å². The van der Waals surface area contributed by atoms with Gasteiger partial charge in [0.1, 0.15) is 0 Å². The average molecular weight is 233 g/mol. The molecule has 0 spiro atoms. The molecule has 0 aromatic heterocycles. The molecule has 1 aliphatic rings. The first-order valence-electron chi connectivity index (χ1n) is 6.03. The number of ether oxygens (including phenoxy) is 1. The molecule has 3 nitrogen and oxygen atoms in total. The lowest BCUT2D eigenvalue weighted by Gasteiger charge is -2.37. The van der Waals surface area contributed by atoms with Gasteiger partial charge >= 0.3 is 0 Å². The predicted octanol–water partition coefficient (Wildman–Crippen LogP) is 2.01. The van der Waals surface area contributed by atoms with Gasteiger partial charge in [0, 0.05) is 45.2 Å².